The van der Waals surface area contributed by atoms with E-state index in [1.807, 2.05) is 0 Å². The van der Waals surface area contributed by atoms with Crippen LogP contribution >= 0.6 is 15.6 Å². The lowest BCUT2D eigenvalue weighted by molar-refractivity contribution is -0.161. The van der Waals surface area contributed by atoms with E-state index in [0.29, 0.717) is 31.6 Å². The zero-order valence-corrected chi connectivity index (χ0v) is 59.8. The molecule has 17 nitrogen and oxygen atoms in total. The molecule has 0 saturated carbocycles. The number of rotatable bonds is 67. The number of carbonyl (C=O) groups is 4. The van der Waals surface area contributed by atoms with Gasteiger partial charge in [-0.2, -0.15) is 0 Å². The van der Waals surface area contributed by atoms with Crippen LogP contribution in [0.2, 0.25) is 0 Å². The zero-order valence-electron chi connectivity index (χ0n) is 58.1. The van der Waals surface area contributed by atoms with Gasteiger partial charge in [0, 0.05) is 25.7 Å². The molecule has 0 fully saturated rings. The SMILES string of the molecule is CCC(C)CCCCCCCCC(=O)OC[C@H](COP(=O)(O)OC[C@H](O)COP(=O)(O)OC[C@@H](COC(=O)CCCCCCCCC(C)C)OC(=O)CCCCCCCCCCCCCCCCC(C)C)OC(=O)CCCCCCCCCCCCC(C)C. The van der Waals surface area contributed by atoms with Gasteiger partial charge in [-0.05, 0) is 49.4 Å². The molecule has 0 aliphatic rings. The number of unbranched alkanes of at least 4 members (excludes halogenated alkanes) is 32. The molecular weight excluding hydrogens is 1170 g/mol. The molecule has 0 aliphatic heterocycles. The summed E-state index contributed by atoms with van der Waals surface area (Å²) in [5.41, 5.74) is 0. The average molecular weight is 1310 g/mol. The predicted molar refractivity (Wildman–Crippen MR) is 358 cm³/mol. The first kappa shape index (κ1) is 87.1. The Labute approximate surface area is 543 Å². The minimum Gasteiger partial charge on any atom is -0.462 e. The first-order valence-corrected chi connectivity index (χ1v) is 39.2. The standard InChI is InChI=1S/C70H136O17P2/c1-9-63(8)49-41-33-27-29-35-43-51-68(73)81-57-66(87-70(75)53-45-37-25-21-17-16-19-23-31-39-47-61(4)5)59-85-89(78,79)83-55-64(71)54-82-88(76,77)84-58-65(56-80-67(72)50-42-34-28-26-32-40-48-62(6)7)86-69(74)52-44-36-24-20-15-13-11-10-12-14-18-22-30-38-46-60(2)3/h60-66,71H,9-59H2,1-8H3,(H,76,77)(H,78,79)/t63?,64-,65-,66-/m1/s1. The Hall–Kier alpha value is -1.94. The van der Waals surface area contributed by atoms with E-state index in [1.165, 1.54) is 135 Å². The molecule has 3 unspecified atom stereocenters. The van der Waals surface area contributed by atoms with Crippen molar-refractivity contribution < 1.29 is 80.2 Å². The van der Waals surface area contributed by atoms with Crippen molar-refractivity contribution in [1.82, 2.24) is 0 Å². The molecule has 0 saturated heterocycles. The molecule has 0 aromatic heterocycles. The molecule has 6 atom stereocenters. The number of hydrogen-bond acceptors (Lipinski definition) is 15. The Kier molecular flexibility index (Phi) is 58.5. The van der Waals surface area contributed by atoms with Crippen molar-refractivity contribution in [2.45, 2.75) is 363 Å². The Balaban J connectivity index is 5.22. The quantitative estimate of drug-likeness (QED) is 0.0222. The van der Waals surface area contributed by atoms with Crippen molar-refractivity contribution in [3.8, 4) is 0 Å². The second-order valence-corrected chi connectivity index (χ2v) is 29.8. The van der Waals surface area contributed by atoms with Crippen LogP contribution in [0, 0.1) is 23.7 Å². The Morgan fingerprint density at radius 1 is 0.315 bits per heavy atom. The smallest absolute Gasteiger partial charge is 0.462 e. The van der Waals surface area contributed by atoms with Crippen LogP contribution in [0.1, 0.15) is 344 Å². The minimum atomic E-state index is -4.95. The Morgan fingerprint density at radius 3 is 0.798 bits per heavy atom. The molecule has 0 spiro atoms. The topological polar surface area (TPSA) is 237 Å². The fourth-order valence-electron chi connectivity index (χ4n) is 10.5. The van der Waals surface area contributed by atoms with Crippen LogP contribution in [0.15, 0.2) is 0 Å². The van der Waals surface area contributed by atoms with Crippen LogP contribution < -0.4 is 0 Å². The van der Waals surface area contributed by atoms with E-state index >= 15 is 0 Å². The van der Waals surface area contributed by atoms with Crippen LogP contribution in [-0.2, 0) is 65.4 Å². The van der Waals surface area contributed by atoms with Crippen molar-refractivity contribution in [2.24, 2.45) is 23.7 Å². The second kappa shape index (κ2) is 59.8. The maximum absolute atomic E-state index is 13.0. The van der Waals surface area contributed by atoms with E-state index in [9.17, 15) is 43.2 Å². The van der Waals surface area contributed by atoms with E-state index in [-0.39, 0.29) is 25.7 Å². The summed E-state index contributed by atoms with van der Waals surface area (Å²) in [5.74, 6) is 0.825. The molecule has 0 bridgehead atoms. The van der Waals surface area contributed by atoms with Crippen LogP contribution in [0.3, 0.4) is 0 Å². The predicted octanol–water partition coefficient (Wildman–Crippen LogP) is 19.7. The number of esters is 4. The summed E-state index contributed by atoms with van der Waals surface area (Å²) in [6.07, 6.45) is 41.9. The molecule has 0 radical (unpaired) electrons. The van der Waals surface area contributed by atoms with Crippen LogP contribution in [0.5, 0.6) is 0 Å². The molecule has 89 heavy (non-hydrogen) atoms. The highest BCUT2D eigenvalue weighted by atomic mass is 31.2. The molecule has 0 amide bonds. The number of phosphoric acid groups is 2. The minimum absolute atomic E-state index is 0.104. The summed E-state index contributed by atoms with van der Waals surface area (Å²) in [4.78, 5) is 72.5. The zero-order chi connectivity index (χ0) is 66.1. The van der Waals surface area contributed by atoms with E-state index in [2.05, 4.69) is 55.4 Å². The molecule has 0 rings (SSSR count). The van der Waals surface area contributed by atoms with Gasteiger partial charge < -0.3 is 33.8 Å². The lowest BCUT2D eigenvalue weighted by atomic mass is 10.00. The lowest BCUT2D eigenvalue weighted by Crippen LogP contribution is -2.30. The van der Waals surface area contributed by atoms with Gasteiger partial charge in [0.05, 0.1) is 26.4 Å². The molecule has 19 heteroatoms. The van der Waals surface area contributed by atoms with E-state index in [1.54, 1.807) is 0 Å². The Bertz CT molecular complexity index is 1770. The fraction of sp³-hybridized carbons (Fsp3) is 0.943. The third kappa shape index (κ3) is 63.2. The highest BCUT2D eigenvalue weighted by Crippen LogP contribution is 2.45. The van der Waals surface area contributed by atoms with Gasteiger partial charge in [0.2, 0.25) is 0 Å². The molecular formula is C70H136O17P2. The highest BCUT2D eigenvalue weighted by Gasteiger charge is 2.30. The van der Waals surface area contributed by atoms with Crippen molar-refractivity contribution in [3.05, 3.63) is 0 Å². The van der Waals surface area contributed by atoms with Gasteiger partial charge in [-0.15, -0.1) is 0 Å². The number of aliphatic hydroxyl groups is 1. The third-order valence-corrected chi connectivity index (χ3v) is 18.3. The monoisotopic (exact) mass is 1310 g/mol. The van der Waals surface area contributed by atoms with Crippen molar-refractivity contribution >= 4 is 39.5 Å². The average Bonchev–Trinajstić information content (AvgIpc) is 3.54. The summed E-state index contributed by atoms with van der Waals surface area (Å²) >= 11 is 0. The summed E-state index contributed by atoms with van der Waals surface area (Å²) in [7, 11) is -9.90. The van der Waals surface area contributed by atoms with E-state index < -0.39 is 97.5 Å². The van der Waals surface area contributed by atoms with Crippen LogP contribution in [-0.4, -0.2) is 96.7 Å². The van der Waals surface area contributed by atoms with Gasteiger partial charge in [-0.3, -0.25) is 37.3 Å². The van der Waals surface area contributed by atoms with E-state index in [4.69, 9.17) is 37.0 Å². The first-order valence-electron chi connectivity index (χ1n) is 36.2. The summed E-state index contributed by atoms with van der Waals surface area (Å²) in [5, 5.41) is 10.6. The van der Waals surface area contributed by atoms with Gasteiger partial charge >= 0.3 is 39.5 Å². The Morgan fingerprint density at radius 2 is 0.539 bits per heavy atom. The number of aliphatic hydroxyl groups excluding tert-OH is 1. The van der Waals surface area contributed by atoms with Gasteiger partial charge in [0.15, 0.2) is 12.2 Å². The number of hydrogen-bond donors (Lipinski definition) is 3. The molecule has 3 N–H and O–H groups in total. The molecule has 0 heterocycles. The third-order valence-electron chi connectivity index (χ3n) is 16.4. The molecule has 0 aromatic carbocycles. The van der Waals surface area contributed by atoms with Crippen LogP contribution in [0.25, 0.3) is 0 Å². The molecule has 528 valence electrons. The summed E-state index contributed by atoms with van der Waals surface area (Å²) < 4.78 is 68.2. The normalized spacial score (nSPS) is 14.6. The highest BCUT2D eigenvalue weighted by molar-refractivity contribution is 7.47. The fourth-order valence-corrected chi connectivity index (χ4v) is 12.0. The first-order chi connectivity index (χ1) is 42.6. The number of carbonyl (C=O) groups excluding carboxylic acids is 4. The maximum Gasteiger partial charge on any atom is 0.472 e. The lowest BCUT2D eigenvalue weighted by Gasteiger charge is -2.21. The number of phosphoric ester groups is 2. The van der Waals surface area contributed by atoms with Crippen molar-refractivity contribution in [1.29, 1.82) is 0 Å². The van der Waals surface area contributed by atoms with Crippen LogP contribution in [0.4, 0.5) is 0 Å². The summed E-state index contributed by atoms with van der Waals surface area (Å²) in [6, 6.07) is 0. The summed E-state index contributed by atoms with van der Waals surface area (Å²) in [6.45, 7) is 14.0. The largest absolute Gasteiger partial charge is 0.472 e. The van der Waals surface area contributed by atoms with Gasteiger partial charge in [-0.1, -0.05) is 293 Å². The van der Waals surface area contributed by atoms with E-state index in [0.717, 1.165) is 120 Å². The van der Waals surface area contributed by atoms with Gasteiger partial charge in [0.1, 0.15) is 19.3 Å². The molecule has 0 aromatic rings. The number of ether oxygens (including phenoxy) is 4. The molecule has 0 aliphatic carbocycles. The maximum atomic E-state index is 13.0. The van der Waals surface area contributed by atoms with Gasteiger partial charge in [0.25, 0.3) is 0 Å². The van der Waals surface area contributed by atoms with Crippen molar-refractivity contribution in [2.75, 3.05) is 39.6 Å². The van der Waals surface area contributed by atoms with Gasteiger partial charge in [-0.25, -0.2) is 9.13 Å². The van der Waals surface area contributed by atoms with Crippen molar-refractivity contribution in [3.63, 3.8) is 0 Å². The second-order valence-electron chi connectivity index (χ2n) is 26.9.